The Labute approximate surface area is 58.0 Å². The lowest BCUT2D eigenvalue weighted by molar-refractivity contribution is 0.577. The molecule has 0 bridgehead atoms. The lowest BCUT2D eigenvalue weighted by Crippen LogP contribution is -1.98. The Hall–Kier alpha value is -0.260. The molecule has 1 saturated carbocycles. The van der Waals surface area contributed by atoms with Gasteiger partial charge in [0.25, 0.3) is 0 Å². The van der Waals surface area contributed by atoms with Crippen LogP contribution in [0.4, 0.5) is 0 Å². The van der Waals surface area contributed by atoms with Gasteiger partial charge in [0, 0.05) is 0 Å². The monoisotopic (exact) mass is 124 g/mol. The lowest BCUT2D eigenvalue weighted by Gasteiger charge is -2.10. The fraction of sp³-hybridized carbons (Fsp3) is 0.778. The standard InChI is InChI=1S/C9H16/c1-4-7(2)8(3)9-5-6-9/h8-9H,2,4-6H2,1,3H3. The molecule has 0 aromatic carbocycles. The zero-order chi connectivity index (χ0) is 6.85. The Kier molecular flexibility index (Phi) is 1.94. The van der Waals surface area contributed by atoms with Crippen molar-refractivity contribution in [3.05, 3.63) is 12.2 Å². The Morgan fingerprint density at radius 3 is 2.56 bits per heavy atom. The van der Waals surface area contributed by atoms with Gasteiger partial charge >= 0.3 is 0 Å². The number of allylic oxidation sites excluding steroid dienone is 1. The molecule has 0 spiro atoms. The Bertz CT molecular complexity index is 109. The minimum absolute atomic E-state index is 0.801. The highest BCUT2D eigenvalue weighted by atomic mass is 14.3. The van der Waals surface area contributed by atoms with Crippen LogP contribution >= 0.6 is 0 Å². The van der Waals surface area contributed by atoms with Crippen LogP contribution in [-0.2, 0) is 0 Å². The quantitative estimate of drug-likeness (QED) is 0.507. The molecule has 1 aliphatic rings. The average molecular weight is 124 g/mol. The van der Waals surface area contributed by atoms with Crippen LogP contribution in [0.2, 0.25) is 0 Å². The van der Waals surface area contributed by atoms with Crippen LogP contribution in [0.1, 0.15) is 33.1 Å². The van der Waals surface area contributed by atoms with Gasteiger partial charge in [-0.2, -0.15) is 0 Å². The van der Waals surface area contributed by atoms with E-state index in [4.69, 9.17) is 0 Å². The van der Waals surface area contributed by atoms with E-state index >= 15 is 0 Å². The van der Waals surface area contributed by atoms with Gasteiger partial charge in [0.15, 0.2) is 0 Å². The van der Waals surface area contributed by atoms with E-state index < -0.39 is 0 Å². The predicted molar refractivity (Wildman–Crippen MR) is 41.3 cm³/mol. The van der Waals surface area contributed by atoms with E-state index in [1.54, 1.807) is 0 Å². The highest BCUT2D eigenvalue weighted by Gasteiger charge is 2.28. The van der Waals surface area contributed by atoms with Gasteiger partial charge in [-0.05, 0) is 31.1 Å². The maximum atomic E-state index is 4.03. The fourth-order valence-electron chi connectivity index (χ4n) is 1.25. The smallest absolute Gasteiger partial charge is 0.0206 e. The van der Waals surface area contributed by atoms with E-state index in [0.717, 1.165) is 18.3 Å². The largest absolute Gasteiger partial charge is 0.0996 e. The Balaban J connectivity index is 2.30. The molecule has 0 radical (unpaired) electrons. The fourth-order valence-corrected chi connectivity index (χ4v) is 1.25. The molecule has 0 saturated heterocycles. The molecule has 1 aliphatic carbocycles. The first-order chi connectivity index (χ1) is 4.25. The molecular weight excluding hydrogens is 108 g/mol. The van der Waals surface area contributed by atoms with Crippen molar-refractivity contribution in [2.75, 3.05) is 0 Å². The second kappa shape index (κ2) is 2.55. The lowest BCUT2D eigenvalue weighted by atomic mass is 9.96. The highest BCUT2D eigenvalue weighted by Crippen LogP contribution is 2.40. The molecule has 9 heavy (non-hydrogen) atoms. The summed E-state index contributed by atoms with van der Waals surface area (Å²) in [6.07, 6.45) is 4.05. The maximum absolute atomic E-state index is 4.03. The zero-order valence-corrected chi connectivity index (χ0v) is 6.48. The van der Waals surface area contributed by atoms with Gasteiger partial charge in [-0.25, -0.2) is 0 Å². The van der Waals surface area contributed by atoms with Crippen molar-refractivity contribution >= 4 is 0 Å². The predicted octanol–water partition coefficient (Wildman–Crippen LogP) is 3.00. The van der Waals surface area contributed by atoms with Crippen LogP contribution in [0.5, 0.6) is 0 Å². The summed E-state index contributed by atoms with van der Waals surface area (Å²) in [6.45, 7) is 8.54. The van der Waals surface area contributed by atoms with E-state index in [2.05, 4.69) is 20.4 Å². The highest BCUT2D eigenvalue weighted by molar-refractivity contribution is 5.03. The van der Waals surface area contributed by atoms with Gasteiger partial charge in [0.2, 0.25) is 0 Å². The molecule has 1 unspecified atom stereocenters. The molecule has 1 fully saturated rings. The van der Waals surface area contributed by atoms with Gasteiger partial charge in [-0.1, -0.05) is 26.0 Å². The minimum atomic E-state index is 0.801. The van der Waals surface area contributed by atoms with Crippen molar-refractivity contribution in [2.45, 2.75) is 33.1 Å². The van der Waals surface area contributed by atoms with Crippen LogP contribution in [0.15, 0.2) is 12.2 Å². The summed E-state index contributed by atoms with van der Waals surface area (Å²) in [5, 5.41) is 0. The molecule has 0 nitrogen and oxygen atoms in total. The SMILES string of the molecule is C=C(CC)C(C)C1CC1. The first-order valence-electron chi connectivity index (χ1n) is 3.93. The van der Waals surface area contributed by atoms with Crippen molar-refractivity contribution in [1.82, 2.24) is 0 Å². The topological polar surface area (TPSA) is 0 Å². The number of hydrogen-bond donors (Lipinski definition) is 0. The summed E-state index contributed by atoms with van der Waals surface area (Å²) < 4.78 is 0. The van der Waals surface area contributed by atoms with E-state index in [1.165, 1.54) is 18.4 Å². The normalized spacial score (nSPS) is 21.6. The summed E-state index contributed by atoms with van der Waals surface area (Å²) >= 11 is 0. The van der Waals surface area contributed by atoms with Gasteiger partial charge in [-0.15, -0.1) is 0 Å². The van der Waals surface area contributed by atoms with Crippen molar-refractivity contribution in [3.63, 3.8) is 0 Å². The van der Waals surface area contributed by atoms with Crippen LogP contribution in [0.3, 0.4) is 0 Å². The van der Waals surface area contributed by atoms with Crippen molar-refractivity contribution < 1.29 is 0 Å². The third-order valence-electron chi connectivity index (χ3n) is 2.43. The average Bonchev–Trinajstić information content (AvgIpc) is 2.66. The molecule has 0 aromatic heterocycles. The Morgan fingerprint density at radius 2 is 2.22 bits per heavy atom. The van der Waals surface area contributed by atoms with Crippen molar-refractivity contribution in [1.29, 1.82) is 0 Å². The summed E-state index contributed by atoms with van der Waals surface area (Å²) in [5.41, 5.74) is 1.44. The first kappa shape index (κ1) is 6.85. The molecule has 0 heterocycles. The maximum Gasteiger partial charge on any atom is -0.0206 e. The van der Waals surface area contributed by atoms with E-state index in [0.29, 0.717) is 0 Å². The number of hydrogen-bond acceptors (Lipinski definition) is 0. The molecule has 0 aromatic rings. The molecule has 0 N–H and O–H groups in total. The van der Waals surface area contributed by atoms with Gasteiger partial charge in [0.1, 0.15) is 0 Å². The third-order valence-corrected chi connectivity index (χ3v) is 2.43. The second-order valence-electron chi connectivity index (χ2n) is 3.14. The second-order valence-corrected chi connectivity index (χ2v) is 3.14. The summed E-state index contributed by atoms with van der Waals surface area (Å²) in [5.74, 6) is 1.80. The summed E-state index contributed by atoms with van der Waals surface area (Å²) in [4.78, 5) is 0. The first-order valence-corrected chi connectivity index (χ1v) is 3.93. The third kappa shape index (κ3) is 1.57. The zero-order valence-electron chi connectivity index (χ0n) is 6.48. The molecular formula is C9H16. The van der Waals surface area contributed by atoms with Gasteiger partial charge in [-0.3, -0.25) is 0 Å². The van der Waals surface area contributed by atoms with Crippen LogP contribution in [0, 0.1) is 11.8 Å². The molecule has 1 atom stereocenters. The van der Waals surface area contributed by atoms with Gasteiger partial charge < -0.3 is 0 Å². The van der Waals surface area contributed by atoms with E-state index in [-0.39, 0.29) is 0 Å². The van der Waals surface area contributed by atoms with Gasteiger partial charge in [0.05, 0.1) is 0 Å². The molecule has 52 valence electrons. The molecule has 1 rings (SSSR count). The van der Waals surface area contributed by atoms with E-state index in [9.17, 15) is 0 Å². The molecule has 0 heteroatoms. The molecule has 0 aliphatic heterocycles. The van der Waals surface area contributed by atoms with Crippen molar-refractivity contribution in [3.8, 4) is 0 Å². The molecule has 0 amide bonds. The van der Waals surface area contributed by atoms with Crippen LogP contribution in [-0.4, -0.2) is 0 Å². The number of rotatable bonds is 3. The Morgan fingerprint density at radius 1 is 1.67 bits per heavy atom. The van der Waals surface area contributed by atoms with Crippen LogP contribution < -0.4 is 0 Å². The summed E-state index contributed by atoms with van der Waals surface area (Å²) in [6, 6.07) is 0. The van der Waals surface area contributed by atoms with Crippen molar-refractivity contribution in [2.24, 2.45) is 11.8 Å². The van der Waals surface area contributed by atoms with Crippen LogP contribution in [0.25, 0.3) is 0 Å². The van der Waals surface area contributed by atoms with E-state index in [1.807, 2.05) is 0 Å². The minimum Gasteiger partial charge on any atom is -0.0996 e. The summed E-state index contributed by atoms with van der Waals surface area (Å²) in [7, 11) is 0.